The standard InChI is InChI=1S/C20H18ClNO3/c1-22-12-17(13-6-10-16(24-2)11-7-13)19(25-3)18(20(22)23)14-4-8-15(21)9-5-14/h4-12H,1-3H3. The fourth-order valence-corrected chi connectivity index (χ4v) is 2.90. The first-order valence-electron chi connectivity index (χ1n) is 7.73. The van der Waals surface area contributed by atoms with Crippen LogP contribution in [0.15, 0.2) is 59.5 Å². The van der Waals surface area contributed by atoms with Gasteiger partial charge in [-0.2, -0.15) is 0 Å². The van der Waals surface area contributed by atoms with Crippen molar-refractivity contribution in [2.45, 2.75) is 0 Å². The fraction of sp³-hybridized carbons (Fsp3) is 0.150. The molecule has 0 aliphatic carbocycles. The van der Waals surface area contributed by atoms with Gasteiger partial charge in [-0.15, -0.1) is 0 Å². The van der Waals surface area contributed by atoms with Crippen molar-refractivity contribution in [3.8, 4) is 33.8 Å². The molecule has 1 aromatic heterocycles. The van der Waals surface area contributed by atoms with Gasteiger partial charge in [0, 0.05) is 23.8 Å². The molecule has 3 rings (SSSR count). The third-order valence-electron chi connectivity index (χ3n) is 4.07. The normalized spacial score (nSPS) is 10.6. The van der Waals surface area contributed by atoms with Gasteiger partial charge in [0.05, 0.1) is 19.8 Å². The van der Waals surface area contributed by atoms with Gasteiger partial charge in [0.25, 0.3) is 5.56 Å². The average Bonchev–Trinajstić information content (AvgIpc) is 2.64. The number of benzene rings is 2. The van der Waals surface area contributed by atoms with Gasteiger partial charge < -0.3 is 14.0 Å². The molecule has 0 unspecified atom stereocenters. The largest absolute Gasteiger partial charge is 0.497 e. The summed E-state index contributed by atoms with van der Waals surface area (Å²) in [6.45, 7) is 0. The number of aromatic nitrogens is 1. The molecule has 0 saturated heterocycles. The van der Waals surface area contributed by atoms with Crippen molar-refractivity contribution in [2.24, 2.45) is 7.05 Å². The molecule has 2 aromatic carbocycles. The Bertz CT molecular complexity index is 944. The van der Waals surface area contributed by atoms with Crippen molar-refractivity contribution >= 4 is 11.6 Å². The van der Waals surface area contributed by atoms with Crippen molar-refractivity contribution < 1.29 is 9.47 Å². The molecule has 0 radical (unpaired) electrons. The van der Waals surface area contributed by atoms with Crippen molar-refractivity contribution in [2.75, 3.05) is 14.2 Å². The van der Waals surface area contributed by atoms with E-state index in [1.54, 1.807) is 44.2 Å². The third-order valence-corrected chi connectivity index (χ3v) is 4.32. The summed E-state index contributed by atoms with van der Waals surface area (Å²) >= 11 is 5.97. The zero-order valence-electron chi connectivity index (χ0n) is 14.2. The molecule has 0 saturated carbocycles. The quantitative estimate of drug-likeness (QED) is 0.697. The highest BCUT2D eigenvalue weighted by Gasteiger charge is 2.18. The van der Waals surface area contributed by atoms with Crippen LogP contribution in [0.4, 0.5) is 0 Å². The monoisotopic (exact) mass is 355 g/mol. The predicted octanol–water partition coefficient (Wildman–Crippen LogP) is 4.39. The van der Waals surface area contributed by atoms with Gasteiger partial charge in [-0.3, -0.25) is 4.79 Å². The Morgan fingerprint density at radius 2 is 1.48 bits per heavy atom. The van der Waals surface area contributed by atoms with Crippen LogP contribution >= 0.6 is 11.6 Å². The van der Waals surface area contributed by atoms with Crippen LogP contribution in [-0.2, 0) is 7.05 Å². The zero-order chi connectivity index (χ0) is 18.0. The second kappa shape index (κ2) is 7.03. The first-order chi connectivity index (χ1) is 12.0. The lowest BCUT2D eigenvalue weighted by Crippen LogP contribution is -2.19. The Morgan fingerprint density at radius 1 is 0.880 bits per heavy atom. The van der Waals surface area contributed by atoms with Crippen LogP contribution in [0.5, 0.6) is 11.5 Å². The van der Waals surface area contributed by atoms with Gasteiger partial charge in [-0.1, -0.05) is 35.9 Å². The number of rotatable bonds is 4. The van der Waals surface area contributed by atoms with Crippen LogP contribution in [0.1, 0.15) is 0 Å². The minimum atomic E-state index is -0.128. The summed E-state index contributed by atoms with van der Waals surface area (Å²) < 4.78 is 12.4. The molecule has 4 nitrogen and oxygen atoms in total. The number of nitrogens with zero attached hydrogens (tertiary/aromatic N) is 1. The zero-order valence-corrected chi connectivity index (χ0v) is 15.0. The van der Waals surface area contributed by atoms with E-state index in [1.807, 2.05) is 36.4 Å². The molecule has 25 heavy (non-hydrogen) atoms. The molecular formula is C20H18ClNO3. The number of pyridine rings is 1. The van der Waals surface area contributed by atoms with Gasteiger partial charge >= 0.3 is 0 Å². The molecule has 5 heteroatoms. The summed E-state index contributed by atoms with van der Waals surface area (Å²) in [5.41, 5.74) is 2.91. The van der Waals surface area contributed by atoms with Gasteiger partial charge in [0.2, 0.25) is 0 Å². The van der Waals surface area contributed by atoms with Crippen molar-refractivity contribution in [1.29, 1.82) is 0 Å². The van der Waals surface area contributed by atoms with E-state index in [0.29, 0.717) is 16.3 Å². The van der Waals surface area contributed by atoms with Crippen LogP contribution in [0.2, 0.25) is 5.02 Å². The van der Waals surface area contributed by atoms with Gasteiger partial charge in [-0.05, 0) is 35.4 Å². The van der Waals surface area contributed by atoms with Crippen LogP contribution in [0, 0.1) is 0 Å². The molecule has 0 fully saturated rings. The lowest BCUT2D eigenvalue weighted by atomic mass is 9.99. The minimum Gasteiger partial charge on any atom is -0.497 e. The maximum atomic E-state index is 12.7. The third kappa shape index (κ3) is 3.26. The van der Waals surface area contributed by atoms with E-state index < -0.39 is 0 Å². The summed E-state index contributed by atoms with van der Waals surface area (Å²) in [6, 6.07) is 14.8. The highest BCUT2D eigenvalue weighted by atomic mass is 35.5. The molecule has 1 heterocycles. The molecule has 0 aliphatic rings. The average molecular weight is 356 g/mol. The topological polar surface area (TPSA) is 40.5 Å². The van der Waals surface area contributed by atoms with E-state index in [4.69, 9.17) is 21.1 Å². The predicted molar refractivity (Wildman–Crippen MR) is 101 cm³/mol. The van der Waals surface area contributed by atoms with Crippen LogP contribution < -0.4 is 15.0 Å². The maximum Gasteiger partial charge on any atom is 0.261 e. The molecule has 0 spiro atoms. The van der Waals surface area contributed by atoms with Crippen molar-refractivity contribution in [3.05, 3.63) is 70.1 Å². The van der Waals surface area contributed by atoms with E-state index in [0.717, 1.165) is 22.4 Å². The van der Waals surface area contributed by atoms with E-state index in [9.17, 15) is 4.79 Å². The number of methoxy groups -OCH3 is 2. The fourth-order valence-electron chi connectivity index (χ4n) is 2.78. The number of hydrogen-bond donors (Lipinski definition) is 0. The van der Waals surface area contributed by atoms with E-state index in [-0.39, 0.29) is 5.56 Å². The van der Waals surface area contributed by atoms with Gasteiger partial charge in [-0.25, -0.2) is 0 Å². The lowest BCUT2D eigenvalue weighted by Gasteiger charge is -2.16. The van der Waals surface area contributed by atoms with Crippen LogP contribution in [0.3, 0.4) is 0 Å². The van der Waals surface area contributed by atoms with Gasteiger partial charge in [0.1, 0.15) is 11.5 Å². The Morgan fingerprint density at radius 3 is 2.04 bits per heavy atom. The Balaban J connectivity index is 2.26. The van der Waals surface area contributed by atoms with Crippen molar-refractivity contribution in [1.82, 2.24) is 4.57 Å². The highest BCUT2D eigenvalue weighted by molar-refractivity contribution is 6.30. The summed E-state index contributed by atoms with van der Waals surface area (Å²) in [6.07, 6.45) is 1.78. The lowest BCUT2D eigenvalue weighted by molar-refractivity contribution is 0.414. The molecule has 0 amide bonds. The number of halogens is 1. The first kappa shape index (κ1) is 17.1. The first-order valence-corrected chi connectivity index (χ1v) is 8.11. The maximum absolute atomic E-state index is 12.7. The second-order valence-electron chi connectivity index (χ2n) is 5.60. The molecule has 0 atom stereocenters. The van der Waals surface area contributed by atoms with E-state index in [1.165, 1.54) is 0 Å². The second-order valence-corrected chi connectivity index (χ2v) is 6.04. The molecule has 128 valence electrons. The molecule has 0 bridgehead atoms. The summed E-state index contributed by atoms with van der Waals surface area (Å²) in [5, 5.41) is 0.617. The minimum absolute atomic E-state index is 0.128. The Labute approximate surface area is 151 Å². The number of aryl methyl sites for hydroxylation is 1. The highest BCUT2D eigenvalue weighted by Crippen LogP contribution is 2.37. The van der Waals surface area contributed by atoms with Crippen LogP contribution in [0.25, 0.3) is 22.3 Å². The Hall–Kier alpha value is -2.72. The summed E-state index contributed by atoms with van der Waals surface area (Å²) in [7, 11) is 4.93. The number of hydrogen-bond acceptors (Lipinski definition) is 3. The summed E-state index contributed by atoms with van der Waals surface area (Å²) in [4.78, 5) is 12.7. The molecule has 3 aromatic rings. The Kier molecular flexibility index (Phi) is 4.81. The smallest absolute Gasteiger partial charge is 0.261 e. The SMILES string of the molecule is COc1ccc(-c2cn(C)c(=O)c(-c3ccc(Cl)cc3)c2OC)cc1. The van der Waals surface area contributed by atoms with Crippen LogP contribution in [-0.4, -0.2) is 18.8 Å². The van der Waals surface area contributed by atoms with Crippen molar-refractivity contribution in [3.63, 3.8) is 0 Å². The molecule has 0 N–H and O–H groups in total. The molecule has 0 aliphatic heterocycles. The molecular weight excluding hydrogens is 338 g/mol. The van der Waals surface area contributed by atoms with E-state index >= 15 is 0 Å². The van der Waals surface area contributed by atoms with E-state index in [2.05, 4.69) is 0 Å². The van der Waals surface area contributed by atoms with Gasteiger partial charge in [0.15, 0.2) is 0 Å². The summed E-state index contributed by atoms with van der Waals surface area (Å²) in [5.74, 6) is 1.31. The number of ether oxygens (including phenoxy) is 2.